The fourth-order valence-corrected chi connectivity index (χ4v) is 3.15. The minimum Gasteiger partial charge on any atom is -0.383 e. The molecule has 0 radical (unpaired) electrons. The van der Waals surface area contributed by atoms with E-state index < -0.39 is 14.8 Å². The summed E-state index contributed by atoms with van der Waals surface area (Å²) in [6, 6.07) is 0. The maximum Gasteiger partial charge on any atom is 0.277 e. The second kappa shape index (κ2) is 7.27. The Morgan fingerprint density at radius 2 is 2.19 bits per heavy atom. The Kier molecular flexibility index (Phi) is 7.22. The first-order valence-electron chi connectivity index (χ1n) is 4.80. The number of ether oxygens (including phenoxy) is 1. The van der Waals surface area contributed by atoms with Crippen molar-refractivity contribution >= 4 is 43.4 Å². The van der Waals surface area contributed by atoms with Gasteiger partial charge in [0, 0.05) is 7.11 Å². The number of nitrogens with one attached hydrogen (secondary N) is 1. The van der Waals surface area contributed by atoms with Crippen LogP contribution in [0.25, 0.3) is 0 Å². The van der Waals surface area contributed by atoms with Crippen LogP contribution >= 0.6 is 23.4 Å². The highest BCUT2D eigenvalue weighted by Crippen LogP contribution is 2.30. The Morgan fingerprint density at radius 1 is 1.62 bits per heavy atom. The summed E-state index contributed by atoms with van der Waals surface area (Å²) in [4.78, 5) is 11.9. The zero-order chi connectivity index (χ0) is 12.8. The van der Waals surface area contributed by atoms with E-state index in [1.54, 1.807) is 0 Å². The molecule has 4 nitrogen and oxygen atoms in total. The van der Waals surface area contributed by atoms with Crippen molar-refractivity contribution in [2.24, 2.45) is 0 Å². The zero-order valence-electron chi connectivity index (χ0n) is 9.80. The molecule has 0 amide bonds. The van der Waals surface area contributed by atoms with Crippen molar-refractivity contribution in [2.45, 2.75) is 25.8 Å². The predicted octanol–water partition coefficient (Wildman–Crippen LogP) is 1.98. The van der Waals surface area contributed by atoms with Crippen molar-refractivity contribution in [2.75, 3.05) is 12.9 Å². The Hall–Kier alpha value is -0.103. The first-order chi connectivity index (χ1) is 7.44. The summed E-state index contributed by atoms with van der Waals surface area (Å²) in [7, 11) is -0.214. The molecule has 0 spiro atoms. The van der Waals surface area contributed by atoms with E-state index in [4.69, 9.17) is 26.2 Å². The maximum atomic E-state index is 11.9. The summed E-state index contributed by atoms with van der Waals surface area (Å²) in [5.74, 6) is 0.916. The van der Waals surface area contributed by atoms with Gasteiger partial charge in [0.25, 0.3) is 10.9 Å². The summed E-state index contributed by atoms with van der Waals surface area (Å²) >= 11 is 6.87. The van der Waals surface area contributed by atoms with Gasteiger partial charge in [-0.2, -0.15) is 0 Å². The monoisotopic (exact) mass is 281 g/mol. The summed E-state index contributed by atoms with van der Waals surface area (Å²) in [5.41, 5.74) is 0. The van der Waals surface area contributed by atoms with Crippen LogP contribution in [0.1, 0.15) is 6.92 Å². The van der Waals surface area contributed by atoms with Gasteiger partial charge in [-0.05, 0) is 24.7 Å². The van der Waals surface area contributed by atoms with Crippen molar-refractivity contribution < 1.29 is 14.0 Å². The molecule has 0 aromatic heterocycles. The largest absolute Gasteiger partial charge is 0.383 e. The van der Waals surface area contributed by atoms with Crippen molar-refractivity contribution in [1.29, 1.82) is 5.41 Å². The molecule has 0 fully saturated rings. The highest BCUT2D eigenvalue weighted by Gasteiger charge is 2.44. The van der Waals surface area contributed by atoms with E-state index in [0.717, 1.165) is 11.8 Å². The van der Waals surface area contributed by atoms with Gasteiger partial charge in [0.05, 0.1) is 0 Å². The average Bonchev–Trinajstić information content (AvgIpc) is 2.24. The summed E-state index contributed by atoms with van der Waals surface area (Å²) in [6.07, 6.45) is 0. The first kappa shape index (κ1) is 15.9. The minimum atomic E-state index is -1.65. The molecule has 16 heavy (non-hydrogen) atoms. The van der Waals surface area contributed by atoms with E-state index in [9.17, 15) is 4.79 Å². The van der Waals surface area contributed by atoms with Crippen LogP contribution in [0.4, 0.5) is 0 Å². The molecular formula is C9H16ClNO3SSi. The second-order valence-electron chi connectivity index (χ2n) is 3.15. The number of hydrogen-bond donors (Lipinski definition) is 1. The maximum absolute atomic E-state index is 11.9. The van der Waals surface area contributed by atoms with E-state index in [1.165, 1.54) is 7.11 Å². The fourth-order valence-electron chi connectivity index (χ4n) is 1.05. The second-order valence-corrected chi connectivity index (χ2v) is 7.09. The van der Waals surface area contributed by atoms with Crippen LogP contribution < -0.4 is 0 Å². The SMILES string of the molecule is CCSC(=O)C(OC)(O[SiH](C)C)C(Cl)=C=N. The molecule has 1 atom stereocenters. The fraction of sp³-hybridized carbons (Fsp3) is 0.667. The van der Waals surface area contributed by atoms with Crippen molar-refractivity contribution in [3.8, 4) is 0 Å². The Balaban J connectivity index is 5.27. The van der Waals surface area contributed by atoms with Gasteiger partial charge in [-0.1, -0.05) is 30.3 Å². The van der Waals surface area contributed by atoms with Gasteiger partial charge in [-0.25, -0.2) is 0 Å². The van der Waals surface area contributed by atoms with Gasteiger partial charge in [0.15, 0.2) is 9.04 Å². The molecule has 1 unspecified atom stereocenters. The molecular weight excluding hydrogens is 266 g/mol. The number of carbonyl (C=O) groups excluding carboxylic acids is 1. The van der Waals surface area contributed by atoms with Gasteiger partial charge >= 0.3 is 0 Å². The Morgan fingerprint density at radius 3 is 2.50 bits per heavy atom. The van der Waals surface area contributed by atoms with Crippen LogP contribution in [0, 0.1) is 5.41 Å². The molecule has 92 valence electrons. The van der Waals surface area contributed by atoms with E-state index in [0.29, 0.717) is 5.75 Å². The van der Waals surface area contributed by atoms with Crippen LogP contribution in [-0.2, 0) is 14.0 Å². The quantitative estimate of drug-likeness (QED) is 0.459. The minimum absolute atomic E-state index is 0.165. The number of methoxy groups -OCH3 is 1. The molecule has 0 aromatic rings. The highest BCUT2D eigenvalue weighted by molar-refractivity contribution is 8.13. The number of hydrogen-bond acceptors (Lipinski definition) is 5. The van der Waals surface area contributed by atoms with Crippen LogP contribution in [-0.4, -0.2) is 38.7 Å². The summed E-state index contributed by atoms with van der Waals surface area (Å²) < 4.78 is 10.7. The van der Waals surface area contributed by atoms with Crippen molar-refractivity contribution in [3.05, 3.63) is 5.03 Å². The van der Waals surface area contributed by atoms with Gasteiger partial charge in [0.1, 0.15) is 5.03 Å². The lowest BCUT2D eigenvalue weighted by molar-refractivity contribution is -0.158. The molecule has 0 aliphatic rings. The Bertz CT molecular complexity index is 307. The smallest absolute Gasteiger partial charge is 0.277 e. The highest BCUT2D eigenvalue weighted by atomic mass is 35.5. The topological polar surface area (TPSA) is 59.4 Å². The summed E-state index contributed by atoms with van der Waals surface area (Å²) in [5, 5.41) is 6.50. The van der Waals surface area contributed by atoms with Gasteiger partial charge in [-0.3, -0.25) is 10.2 Å². The molecule has 0 aliphatic carbocycles. The van der Waals surface area contributed by atoms with Crippen molar-refractivity contribution in [1.82, 2.24) is 0 Å². The van der Waals surface area contributed by atoms with E-state index in [2.05, 4.69) is 0 Å². The molecule has 0 aromatic carbocycles. The van der Waals surface area contributed by atoms with Gasteiger partial charge in [0.2, 0.25) is 0 Å². The number of rotatable bonds is 6. The lowest BCUT2D eigenvalue weighted by Crippen LogP contribution is -2.46. The number of carbonyl (C=O) groups is 1. The van der Waals surface area contributed by atoms with E-state index in [-0.39, 0.29) is 10.1 Å². The van der Waals surface area contributed by atoms with Crippen LogP contribution in [0.15, 0.2) is 5.03 Å². The first-order valence-corrected chi connectivity index (χ1v) is 8.94. The predicted molar refractivity (Wildman–Crippen MR) is 69.9 cm³/mol. The van der Waals surface area contributed by atoms with E-state index in [1.807, 2.05) is 25.9 Å². The zero-order valence-corrected chi connectivity index (χ0v) is 12.5. The molecule has 0 bridgehead atoms. The van der Waals surface area contributed by atoms with Crippen LogP contribution in [0.2, 0.25) is 13.1 Å². The Labute approximate surface area is 107 Å². The molecule has 1 N–H and O–H groups in total. The number of halogens is 1. The molecule has 0 aliphatic heterocycles. The van der Waals surface area contributed by atoms with Crippen LogP contribution in [0.5, 0.6) is 0 Å². The van der Waals surface area contributed by atoms with Crippen molar-refractivity contribution in [3.63, 3.8) is 0 Å². The van der Waals surface area contributed by atoms with Gasteiger partial charge in [-0.15, -0.1) is 0 Å². The number of thioether (sulfide) groups is 1. The normalized spacial score (nSPS) is 14.4. The molecule has 0 saturated carbocycles. The van der Waals surface area contributed by atoms with Gasteiger partial charge < -0.3 is 9.16 Å². The standard InChI is InChI=1S/C9H16ClNO3SSi/c1-5-15-8(12)9(13-2,7(10)6-11)14-16(3)4/h11,16H,5H2,1-4H3. The lowest BCUT2D eigenvalue weighted by atomic mass is 10.3. The molecule has 0 saturated heterocycles. The third-order valence-corrected chi connectivity index (χ3v) is 3.60. The lowest BCUT2D eigenvalue weighted by Gasteiger charge is -2.30. The third kappa shape index (κ3) is 3.73. The molecule has 7 heteroatoms. The van der Waals surface area contributed by atoms with Crippen LogP contribution in [0.3, 0.4) is 0 Å². The average molecular weight is 282 g/mol. The third-order valence-electron chi connectivity index (χ3n) is 1.63. The summed E-state index contributed by atoms with van der Waals surface area (Å²) in [6.45, 7) is 5.63. The van der Waals surface area contributed by atoms with E-state index >= 15 is 0 Å². The molecule has 0 heterocycles. The molecule has 0 rings (SSSR count).